The van der Waals surface area contributed by atoms with Gasteiger partial charge in [-0.1, -0.05) is 26.8 Å². The zero-order valence-corrected chi connectivity index (χ0v) is 13.4. The molecule has 0 saturated carbocycles. The van der Waals surface area contributed by atoms with Crippen LogP contribution in [0.15, 0.2) is 24.4 Å². The third-order valence-electron chi connectivity index (χ3n) is 4.34. The van der Waals surface area contributed by atoms with Crippen LogP contribution in [0.4, 0.5) is 5.82 Å². The van der Waals surface area contributed by atoms with E-state index in [-0.39, 0.29) is 17.9 Å². The topological polar surface area (TPSA) is 45.2 Å². The predicted molar refractivity (Wildman–Crippen MR) is 86.2 cm³/mol. The van der Waals surface area contributed by atoms with Crippen molar-refractivity contribution in [2.24, 2.45) is 11.8 Å². The Bertz CT molecular complexity index is 447. The first-order chi connectivity index (χ1) is 10.1. The molecule has 0 unspecified atom stereocenters. The van der Waals surface area contributed by atoms with Crippen molar-refractivity contribution in [3.63, 3.8) is 0 Å². The molecule has 1 amide bonds. The summed E-state index contributed by atoms with van der Waals surface area (Å²) < 4.78 is 0. The molecule has 116 valence electrons. The van der Waals surface area contributed by atoms with Crippen LogP contribution in [0.5, 0.6) is 0 Å². The summed E-state index contributed by atoms with van der Waals surface area (Å²) in [6.07, 6.45) is 4.82. The summed E-state index contributed by atoms with van der Waals surface area (Å²) in [7, 11) is 0. The predicted octanol–water partition coefficient (Wildman–Crippen LogP) is 2.85. The van der Waals surface area contributed by atoms with Crippen LogP contribution in [0.3, 0.4) is 0 Å². The summed E-state index contributed by atoms with van der Waals surface area (Å²) in [5, 5.41) is 3.22. The van der Waals surface area contributed by atoms with E-state index in [1.165, 1.54) is 0 Å². The number of anilines is 1. The fourth-order valence-electron chi connectivity index (χ4n) is 2.98. The number of pyridine rings is 1. The Morgan fingerprint density at radius 3 is 2.90 bits per heavy atom. The molecule has 1 saturated heterocycles. The van der Waals surface area contributed by atoms with E-state index < -0.39 is 0 Å². The van der Waals surface area contributed by atoms with Crippen molar-refractivity contribution in [2.45, 2.75) is 46.1 Å². The highest BCUT2D eigenvalue weighted by molar-refractivity contribution is 5.79. The van der Waals surface area contributed by atoms with Crippen LogP contribution in [0.1, 0.15) is 40.0 Å². The van der Waals surface area contributed by atoms with Gasteiger partial charge in [0.05, 0.1) is 5.92 Å². The number of nitrogens with zero attached hydrogens (tertiary/aromatic N) is 2. The summed E-state index contributed by atoms with van der Waals surface area (Å²) in [6, 6.07) is 6.22. The standard InChI is InChI=1S/C17H27N3O/c1-4-15(13(2)3)19-17(21)14-8-7-11-20(12-14)16-9-5-6-10-18-16/h5-6,9-10,13-15H,4,7-8,11-12H2,1-3H3,(H,19,21)/t14-,15+/m1/s1. The van der Waals surface area contributed by atoms with Gasteiger partial charge in [-0.05, 0) is 37.3 Å². The lowest BCUT2D eigenvalue weighted by atomic mass is 9.95. The number of nitrogens with one attached hydrogen (secondary N) is 1. The summed E-state index contributed by atoms with van der Waals surface area (Å²) in [5.74, 6) is 1.74. The Morgan fingerprint density at radius 2 is 2.29 bits per heavy atom. The number of carbonyl (C=O) groups excluding carboxylic acids is 1. The van der Waals surface area contributed by atoms with Gasteiger partial charge in [0.15, 0.2) is 0 Å². The monoisotopic (exact) mass is 289 g/mol. The maximum absolute atomic E-state index is 12.5. The molecule has 0 bridgehead atoms. The Kier molecular flexibility index (Phi) is 5.59. The zero-order valence-electron chi connectivity index (χ0n) is 13.4. The van der Waals surface area contributed by atoms with E-state index in [1.54, 1.807) is 0 Å². The van der Waals surface area contributed by atoms with Gasteiger partial charge in [0.2, 0.25) is 5.91 Å². The summed E-state index contributed by atoms with van der Waals surface area (Å²) in [5.41, 5.74) is 0. The minimum absolute atomic E-state index is 0.0774. The van der Waals surface area contributed by atoms with Crippen molar-refractivity contribution in [1.82, 2.24) is 10.3 Å². The van der Waals surface area contributed by atoms with E-state index in [1.807, 2.05) is 24.4 Å². The maximum Gasteiger partial charge on any atom is 0.225 e. The Hall–Kier alpha value is -1.58. The quantitative estimate of drug-likeness (QED) is 0.906. The van der Waals surface area contributed by atoms with Crippen LogP contribution in [0.2, 0.25) is 0 Å². The minimum atomic E-state index is 0.0774. The fourth-order valence-corrected chi connectivity index (χ4v) is 2.98. The number of amides is 1. The number of piperidine rings is 1. The normalized spacial score (nSPS) is 20.4. The molecule has 0 radical (unpaired) electrons. The molecule has 2 rings (SSSR count). The van der Waals surface area contributed by atoms with Crippen molar-refractivity contribution < 1.29 is 4.79 Å². The van der Waals surface area contributed by atoms with E-state index >= 15 is 0 Å². The number of hydrogen-bond donors (Lipinski definition) is 1. The molecule has 1 aromatic rings. The molecule has 0 aromatic carbocycles. The summed E-state index contributed by atoms with van der Waals surface area (Å²) in [4.78, 5) is 19.1. The van der Waals surface area contributed by atoms with Gasteiger partial charge in [-0.3, -0.25) is 4.79 Å². The smallest absolute Gasteiger partial charge is 0.225 e. The van der Waals surface area contributed by atoms with Gasteiger partial charge in [-0.25, -0.2) is 4.98 Å². The van der Waals surface area contributed by atoms with Crippen LogP contribution in [-0.4, -0.2) is 30.0 Å². The fraction of sp³-hybridized carbons (Fsp3) is 0.647. The largest absolute Gasteiger partial charge is 0.356 e. The molecule has 2 heterocycles. The van der Waals surface area contributed by atoms with E-state index in [2.05, 4.69) is 36.0 Å². The maximum atomic E-state index is 12.5. The number of carbonyl (C=O) groups is 1. The first-order valence-electron chi connectivity index (χ1n) is 8.08. The molecule has 1 fully saturated rings. The second-order valence-corrected chi connectivity index (χ2v) is 6.24. The molecule has 21 heavy (non-hydrogen) atoms. The van der Waals surface area contributed by atoms with Crippen molar-refractivity contribution >= 4 is 11.7 Å². The third-order valence-corrected chi connectivity index (χ3v) is 4.34. The highest BCUT2D eigenvalue weighted by Crippen LogP contribution is 2.22. The van der Waals surface area contributed by atoms with E-state index in [9.17, 15) is 4.79 Å². The van der Waals surface area contributed by atoms with Crippen LogP contribution in [0, 0.1) is 11.8 Å². The molecule has 0 aliphatic carbocycles. The van der Waals surface area contributed by atoms with Gasteiger partial charge in [0.1, 0.15) is 5.82 Å². The summed E-state index contributed by atoms with van der Waals surface area (Å²) in [6.45, 7) is 8.22. The van der Waals surface area contributed by atoms with E-state index in [4.69, 9.17) is 0 Å². The zero-order chi connectivity index (χ0) is 15.2. The van der Waals surface area contributed by atoms with Crippen LogP contribution < -0.4 is 10.2 Å². The van der Waals surface area contributed by atoms with Gasteiger partial charge in [0.25, 0.3) is 0 Å². The number of rotatable bonds is 5. The van der Waals surface area contributed by atoms with Crippen LogP contribution in [0.25, 0.3) is 0 Å². The molecule has 1 aliphatic rings. The molecule has 1 N–H and O–H groups in total. The lowest BCUT2D eigenvalue weighted by Crippen LogP contribution is -2.47. The van der Waals surface area contributed by atoms with Crippen molar-refractivity contribution in [3.8, 4) is 0 Å². The molecular formula is C17H27N3O. The van der Waals surface area contributed by atoms with E-state index in [0.29, 0.717) is 5.92 Å². The lowest BCUT2D eigenvalue weighted by Gasteiger charge is -2.34. The highest BCUT2D eigenvalue weighted by Gasteiger charge is 2.28. The molecule has 1 aliphatic heterocycles. The average molecular weight is 289 g/mol. The lowest BCUT2D eigenvalue weighted by molar-refractivity contribution is -0.126. The Balaban J connectivity index is 1.96. The molecule has 0 spiro atoms. The molecule has 4 heteroatoms. The highest BCUT2D eigenvalue weighted by atomic mass is 16.2. The van der Waals surface area contributed by atoms with Gasteiger partial charge < -0.3 is 10.2 Å². The molecular weight excluding hydrogens is 262 g/mol. The SMILES string of the molecule is CC[C@H](NC(=O)[C@@H]1CCCN(c2ccccn2)C1)C(C)C. The van der Waals surface area contributed by atoms with Gasteiger partial charge in [0, 0.05) is 25.3 Å². The Labute approximate surface area is 127 Å². The van der Waals surface area contributed by atoms with Crippen LogP contribution >= 0.6 is 0 Å². The van der Waals surface area contributed by atoms with Gasteiger partial charge >= 0.3 is 0 Å². The van der Waals surface area contributed by atoms with Crippen molar-refractivity contribution in [2.75, 3.05) is 18.0 Å². The van der Waals surface area contributed by atoms with Crippen molar-refractivity contribution in [3.05, 3.63) is 24.4 Å². The first-order valence-corrected chi connectivity index (χ1v) is 8.08. The van der Waals surface area contributed by atoms with Gasteiger partial charge in [-0.15, -0.1) is 0 Å². The number of hydrogen-bond acceptors (Lipinski definition) is 3. The minimum Gasteiger partial charge on any atom is -0.356 e. The third kappa shape index (κ3) is 4.19. The molecule has 2 atom stereocenters. The van der Waals surface area contributed by atoms with E-state index in [0.717, 1.165) is 38.2 Å². The second-order valence-electron chi connectivity index (χ2n) is 6.24. The van der Waals surface area contributed by atoms with Crippen LogP contribution in [-0.2, 0) is 4.79 Å². The average Bonchev–Trinajstić information content (AvgIpc) is 2.53. The van der Waals surface area contributed by atoms with Gasteiger partial charge in [-0.2, -0.15) is 0 Å². The first kappa shape index (κ1) is 15.8. The number of aromatic nitrogens is 1. The molecule has 4 nitrogen and oxygen atoms in total. The second kappa shape index (κ2) is 7.43. The molecule has 1 aromatic heterocycles. The van der Waals surface area contributed by atoms with Crippen molar-refractivity contribution in [1.29, 1.82) is 0 Å². The summed E-state index contributed by atoms with van der Waals surface area (Å²) >= 11 is 0. The Morgan fingerprint density at radius 1 is 1.48 bits per heavy atom.